The van der Waals surface area contributed by atoms with Crippen molar-refractivity contribution in [3.05, 3.63) is 59.4 Å². The first-order valence-electron chi connectivity index (χ1n) is 9.40. The predicted molar refractivity (Wildman–Crippen MR) is 109 cm³/mol. The van der Waals surface area contributed by atoms with E-state index in [2.05, 4.69) is 0 Å². The summed E-state index contributed by atoms with van der Waals surface area (Å²) in [6.07, 6.45) is 0.0293. The lowest BCUT2D eigenvalue weighted by Gasteiger charge is -2.36. The average Bonchev–Trinajstić information content (AvgIpc) is 3.03. The van der Waals surface area contributed by atoms with Gasteiger partial charge in [-0.05, 0) is 36.4 Å². The van der Waals surface area contributed by atoms with Gasteiger partial charge >= 0.3 is 0 Å². The Bertz CT molecular complexity index is 1090. The Labute approximate surface area is 178 Å². The zero-order valence-electron chi connectivity index (χ0n) is 15.9. The topological polar surface area (TPSA) is 78.0 Å². The van der Waals surface area contributed by atoms with E-state index in [0.717, 1.165) is 11.0 Å². The number of hydrogen-bond donors (Lipinski definition) is 0. The van der Waals surface area contributed by atoms with Crippen LogP contribution in [0.5, 0.6) is 0 Å². The van der Waals surface area contributed by atoms with Gasteiger partial charge in [-0.25, -0.2) is 17.7 Å². The molecule has 2 aliphatic rings. The fraction of sp³-hybridized carbons (Fsp3) is 0.300. The number of nitrogens with zero attached hydrogens (tertiary/aromatic N) is 3. The summed E-state index contributed by atoms with van der Waals surface area (Å²) in [6, 6.07) is 11.0. The molecule has 1 atom stereocenters. The van der Waals surface area contributed by atoms with Gasteiger partial charge in [0.1, 0.15) is 10.7 Å². The van der Waals surface area contributed by atoms with Gasteiger partial charge in [0.15, 0.2) is 0 Å². The number of benzene rings is 2. The largest absolute Gasteiger partial charge is 0.289 e. The Morgan fingerprint density at radius 1 is 0.933 bits per heavy atom. The molecule has 0 N–H and O–H groups in total. The summed E-state index contributed by atoms with van der Waals surface area (Å²) in [6.45, 7) is 0.753. The number of halogens is 2. The van der Waals surface area contributed by atoms with Crippen molar-refractivity contribution in [3.63, 3.8) is 0 Å². The van der Waals surface area contributed by atoms with Gasteiger partial charge in [-0.2, -0.15) is 4.31 Å². The van der Waals surface area contributed by atoms with Crippen LogP contribution in [-0.4, -0.2) is 61.7 Å². The highest BCUT2D eigenvalue weighted by Crippen LogP contribution is 2.28. The first-order valence-corrected chi connectivity index (χ1v) is 11.2. The summed E-state index contributed by atoms with van der Waals surface area (Å²) in [5.74, 6) is -1.45. The lowest BCUT2D eigenvalue weighted by molar-refractivity contribution is -0.123. The molecule has 0 radical (unpaired) electrons. The smallest absolute Gasteiger partial charge is 0.251 e. The highest BCUT2D eigenvalue weighted by Gasteiger charge is 2.44. The van der Waals surface area contributed by atoms with Crippen molar-refractivity contribution >= 4 is 39.1 Å². The van der Waals surface area contributed by atoms with Crippen LogP contribution in [0.4, 0.5) is 10.1 Å². The van der Waals surface area contributed by atoms with Gasteiger partial charge in [-0.3, -0.25) is 14.5 Å². The second-order valence-electron chi connectivity index (χ2n) is 7.13. The lowest BCUT2D eigenvalue weighted by atomic mass is 10.2. The molecule has 0 unspecified atom stereocenters. The molecule has 2 saturated heterocycles. The Morgan fingerprint density at radius 2 is 1.57 bits per heavy atom. The molecule has 0 aliphatic carbocycles. The second-order valence-corrected chi connectivity index (χ2v) is 9.48. The number of carbonyl (C=O) groups is 2. The minimum absolute atomic E-state index is 0.0293. The van der Waals surface area contributed by atoms with Crippen molar-refractivity contribution in [2.24, 2.45) is 0 Å². The number of anilines is 1. The molecule has 0 spiro atoms. The SMILES string of the molecule is O=C1C[C@@H](N2CCN(S(=O)(=O)c3ccccc3F)CC2)C(=O)N1c1ccc(Cl)cc1. The third-order valence-electron chi connectivity index (χ3n) is 5.38. The highest BCUT2D eigenvalue weighted by atomic mass is 35.5. The summed E-state index contributed by atoms with van der Waals surface area (Å²) in [5.41, 5.74) is 0.456. The molecule has 2 amide bonds. The average molecular weight is 452 g/mol. The van der Waals surface area contributed by atoms with Crippen LogP contribution in [0.3, 0.4) is 0 Å². The second kappa shape index (κ2) is 8.07. The molecule has 7 nitrogen and oxygen atoms in total. The Balaban J connectivity index is 1.46. The minimum atomic E-state index is -3.96. The normalized spacial score (nSPS) is 21.4. The summed E-state index contributed by atoms with van der Waals surface area (Å²) in [7, 11) is -3.96. The number of piperazine rings is 1. The summed E-state index contributed by atoms with van der Waals surface area (Å²) >= 11 is 5.87. The Kier molecular flexibility index (Phi) is 5.63. The quantitative estimate of drug-likeness (QED) is 0.665. The fourth-order valence-electron chi connectivity index (χ4n) is 3.81. The van der Waals surface area contributed by atoms with E-state index in [9.17, 15) is 22.4 Å². The van der Waals surface area contributed by atoms with Gasteiger partial charge in [-0.1, -0.05) is 23.7 Å². The summed E-state index contributed by atoms with van der Waals surface area (Å²) in [5, 5.41) is 0.501. The zero-order chi connectivity index (χ0) is 21.5. The van der Waals surface area contributed by atoms with E-state index in [-0.39, 0.29) is 49.3 Å². The molecule has 2 heterocycles. The molecule has 0 bridgehead atoms. The predicted octanol–water partition coefficient (Wildman–Crippen LogP) is 2.12. The number of carbonyl (C=O) groups excluding carboxylic acids is 2. The van der Waals surface area contributed by atoms with Crippen LogP contribution in [0.25, 0.3) is 0 Å². The third-order valence-corrected chi connectivity index (χ3v) is 7.56. The number of imide groups is 1. The molecular weight excluding hydrogens is 433 g/mol. The Hall–Kier alpha value is -2.33. The number of rotatable bonds is 4. The van der Waals surface area contributed by atoms with E-state index in [1.807, 2.05) is 4.90 Å². The molecule has 0 saturated carbocycles. The standard InChI is InChI=1S/C20H19ClFN3O4S/c21-14-5-7-15(8-6-14)25-19(26)13-17(20(25)27)23-9-11-24(12-10-23)30(28,29)18-4-2-1-3-16(18)22/h1-8,17H,9-13H2/t17-/m1/s1. The van der Waals surface area contributed by atoms with E-state index >= 15 is 0 Å². The lowest BCUT2D eigenvalue weighted by Crippen LogP contribution is -2.53. The van der Waals surface area contributed by atoms with Crippen LogP contribution in [0.2, 0.25) is 5.02 Å². The van der Waals surface area contributed by atoms with Crippen LogP contribution in [0.1, 0.15) is 6.42 Å². The van der Waals surface area contributed by atoms with Gasteiger partial charge < -0.3 is 0 Å². The molecule has 2 aromatic carbocycles. The molecule has 30 heavy (non-hydrogen) atoms. The van der Waals surface area contributed by atoms with Crippen molar-refractivity contribution in [2.45, 2.75) is 17.4 Å². The van der Waals surface area contributed by atoms with Crippen LogP contribution in [-0.2, 0) is 19.6 Å². The zero-order valence-corrected chi connectivity index (χ0v) is 17.4. The van der Waals surface area contributed by atoms with Crippen LogP contribution >= 0.6 is 11.6 Å². The third kappa shape index (κ3) is 3.74. The van der Waals surface area contributed by atoms with Crippen molar-refractivity contribution in [2.75, 3.05) is 31.1 Å². The van der Waals surface area contributed by atoms with E-state index < -0.39 is 21.9 Å². The molecule has 0 aromatic heterocycles. The van der Waals surface area contributed by atoms with Gasteiger partial charge in [0, 0.05) is 31.2 Å². The van der Waals surface area contributed by atoms with Crippen molar-refractivity contribution < 1.29 is 22.4 Å². The number of hydrogen-bond acceptors (Lipinski definition) is 5. The monoisotopic (exact) mass is 451 g/mol. The highest BCUT2D eigenvalue weighted by molar-refractivity contribution is 7.89. The van der Waals surface area contributed by atoms with Gasteiger partial charge in [0.2, 0.25) is 15.9 Å². The number of amides is 2. The summed E-state index contributed by atoms with van der Waals surface area (Å²) < 4.78 is 40.7. The van der Waals surface area contributed by atoms with Crippen LogP contribution in [0.15, 0.2) is 53.4 Å². The molecule has 4 rings (SSSR count). The Morgan fingerprint density at radius 3 is 2.20 bits per heavy atom. The van der Waals surface area contributed by atoms with Crippen LogP contribution < -0.4 is 4.90 Å². The maximum Gasteiger partial charge on any atom is 0.251 e. The molecule has 2 fully saturated rings. The molecule has 2 aliphatic heterocycles. The molecule has 10 heteroatoms. The van der Waals surface area contributed by atoms with E-state index in [1.54, 1.807) is 24.3 Å². The maximum absolute atomic E-state index is 14.0. The molecule has 158 valence electrons. The fourth-order valence-corrected chi connectivity index (χ4v) is 5.42. The van der Waals surface area contributed by atoms with E-state index in [0.29, 0.717) is 10.7 Å². The minimum Gasteiger partial charge on any atom is -0.289 e. The maximum atomic E-state index is 14.0. The van der Waals surface area contributed by atoms with Gasteiger partial charge in [-0.15, -0.1) is 0 Å². The summed E-state index contributed by atoms with van der Waals surface area (Å²) in [4.78, 5) is 28.0. The van der Waals surface area contributed by atoms with Gasteiger partial charge in [0.05, 0.1) is 18.2 Å². The number of sulfonamides is 1. The molecular formula is C20H19ClFN3O4S. The first-order chi connectivity index (χ1) is 14.3. The van der Waals surface area contributed by atoms with Crippen molar-refractivity contribution in [1.29, 1.82) is 0 Å². The van der Waals surface area contributed by atoms with Crippen LogP contribution in [0, 0.1) is 5.82 Å². The van der Waals surface area contributed by atoms with Crippen molar-refractivity contribution in [1.82, 2.24) is 9.21 Å². The molecule has 2 aromatic rings. The van der Waals surface area contributed by atoms with E-state index in [1.165, 1.54) is 22.5 Å². The van der Waals surface area contributed by atoms with E-state index in [4.69, 9.17) is 11.6 Å². The van der Waals surface area contributed by atoms with Crippen molar-refractivity contribution in [3.8, 4) is 0 Å². The van der Waals surface area contributed by atoms with Gasteiger partial charge in [0.25, 0.3) is 5.91 Å². The first kappa shape index (κ1) is 20.9.